The van der Waals surface area contributed by atoms with Crippen molar-refractivity contribution in [1.29, 1.82) is 0 Å². The van der Waals surface area contributed by atoms with Gasteiger partial charge in [0.1, 0.15) is 0 Å². The van der Waals surface area contributed by atoms with E-state index in [2.05, 4.69) is 10.2 Å². The number of carbonyl (C=O) groups is 1. The Morgan fingerprint density at radius 2 is 1.74 bits per heavy atom. The molecule has 0 atom stereocenters. The second kappa shape index (κ2) is 8.54. The molecule has 0 aliphatic carbocycles. The summed E-state index contributed by atoms with van der Waals surface area (Å²) >= 11 is 0. The molecule has 0 radical (unpaired) electrons. The minimum atomic E-state index is -0.362. The van der Waals surface area contributed by atoms with E-state index < -0.39 is 0 Å². The van der Waals surface area contributed by atoms with Crippen LogP contribution in [0.4, 0.5) is 0 Å². The van der Waals surface area contributed by atoms with Crippen molar-refractivity contribution in [3.05, 3.63) is 0 Å². The van der Waals surface area contributed by atoms with Crippen LogP contribution < -0.4 is 11.1 Å². The van der Waals surface area contributed by atoms with Crippen LogP contribution in [0.2, 0.25) is 0 Å². The van der Waals surface area contributed by atoms with Crippen molar-refractivity contribution in [1.82, 2.24) is 10.2 Å². The molecule has 1 amide bonds. The van der Waals surface area contributed by atoms with Crippen molar-refractivity contribution >= 4 is 5.91 Å². The standard InChI is InChI=1S/C15H31N3O/c1-3-15(4-2,13-16)14(19)17-9-12-18-10-7-5-6-8-11-18/h3-13,16H2,1-2H3,(H,17,19). The van der Waals surface area contributed by atoms with Crippen molar-refractivity contribution in [2.75, 3.05) is 32.7 Å². The molecule has 112 valence electrons. The molecule has 1 saturated heterocycles. The lowest BCUT2D eigenvalue weighted by molar-refractivity contribution is -0.131. The number of nitrogens with zero attached hydrogens (tertiary/aromatic N) is 1. The molecule has 1 rings (SSSR count). The first-order valence-electron chi connectivity index (χ1n) is 7.89. The van der Waals surface area contributed by atoms with Crippen molar-refractivity contribution in [3.63, 3.8) is 0 Å². The Bertz CT molecular complexity index is 248. The molecule has 0 saturated carbocycles. The molecule has 0 unspecified atom stereocenters. The maximum atomic E-state index is 12.3. The molecule has 3 N–H and O–H groups in total. The van der Waals surface area contributed by atoms with Gasteiger partial charge in [0, 0.05) is 19.6 Å². The molecular weight excluding hydrogens is 238 g/mol. The first kappa shape index (κ1) is 16.4. The van der Waals surface area contributed by atoms with Crippen LogP contribution in [0.3, 0.4) is 0 Å². The Balaban J connectivity index is 2.32. The second-order valence-electron chi connectivity index (χ2n) is 5.70. The van der Waals surface area contributed by atoms with Crippen LogP contribution in [-0.2, 0) is 4.79 Å². The van der Waals surface area contributed by atoms with Gasteiger partial charge in [-0.3, -0.25) is 4.79 Å². The van der Waals surface area contributed by atoms with Gasteiger partial charge in [-0.1, -0.05) is 26.7 Å². The van der Waals surface area contributed by atoms with E-state index in [1.54, 1.807) is 0 Å². The molecule has 4 nitrogen and oxygen atoms in total. The summed E-state index contributed by atoms with van der Waals surface area (Å²) in [4.78, 5) is 14.7. The Kier molecular flexibility index (Phi) is 7.39. The number of hydrogen-bond donors (Lipinski definition) is 2. The number of amides is 1. The molecule has 4 heteroatoms. The van der Waals surface area contributed by atoms with Crippen molar-refractivity contribution in [2.24, 2.45) is 11.1 Å². The molecule has 1 aliphatic rings. The first-order valence-corrected chi connectivity index (χ1v) is 7.89. The number of likely N-dealkylation sites (tertiary alicyclic amines) is 1. The summed E-state index contributed by atoms with van der Waals surface area (Å²) in [5.74, 6) is 0.134. The Morgan fingerprint density at radius 3 is 2.21 bits per heavy atom. The SMILES string of the molecule is CCC(CC)(CN)C(=O)NCCN1CCCCCC1. The van der Waals surface area contributed by atoms with E-state index in [4.69, 9.17) is 5.73 Å². The van der Waals surface area contributed by atoms with Crippen LogP contribution in [0, 0.1) is 5.41 Å². The van der Waals surface area contributed by atoms with Crippen LogP contribution in [0.15, 0.2) is 0 Å². The van der Waals surface area contributed by atoms with E-state index in [0.29, 0.717) is 6.54 Å². The lowest BCUT2D eigenvalue weighted by Crippen LogP contribution is -2.47. The average molecular weight is 269 g/mol. The highest BCUT2D eigenvalue weighted by molar-refractivity contribution is 5.82. The van der Waals surface area contributed by atoms with E-state index in [-0.39, 0.29) is 11.3 Å². The molecule has 1 heterocycles. The topological polar surface area (TPSA) is 58.4 Å². The van der Waals surface area contributed by atoms with Crippen LogP contribution in [0.25, 0.3) is 0 Å². The van der Waals surface area contributed by atoms with E-state index in [0.717, 1.165) is 25.9 Å². The number of rotatable bonds is 7. The fourth-order valence-corrected chi connectivity index (χ4v) is 2.83. The number of nitrogens with two attached hydrogens (primary N) is 1. The monoisotopic (exact) mass is 269 g/mol. The Hall–Kier alpha value is -0.610. The molecule has 1 aliphatic heterocycles. The lowest BCUT2D eigenvalue weighted by Gasteiger charge is -2.29. The Labute approximate surface area is 118 Å². The maximum Gasteiger partial charge on any atom is 0.227 e. The largest absolute Gasteiger partial charge is 0.354 e. The number of carbonyl (C=O) groups excluding carboxylic acids is 1. The van der Waals surface area contributed by atoms with Gasteiger partial charge in [-0.25, -0.2) is 0 Å². The van der Waals surface area contributed by atoms with E-state index in [1.165, 1.54) is 38.8 Å². The van der Waals surface area contributed by atoms with Gasteiger partial charge in [-0.05, 0) is 38.8 Å². The molecule has 0 aromatic heterocycles. The van der Waals surface area contributed by atoms with Crippen LogP contribution in [0.5, 0.6) is 0 Å². The molecule has 0 spiro atoms. The van der Waals surface area contributed by atoms with Crippen LogP contribution in [0.1, 0.15) is 52.4 Å². The highest BCUT2D eigenvalue weighted by Crippen LogP contribution is 2.24. The summed E-state index contributed by atoms with van der Waals surface area (Å²) in [7, 11) is 0. The zero-order chi connectivity index (χ0) is 14.1. The van der Waals surface area contributed by atoms with Crippen molar-refractivity contribution < 1.29 is 4.79 Å². The predicted octanol–water partition coefficient (Wildman–Crippen LogP) is 1.74. The quantitative estimate of drug-likeness (QED) is 0.740. The highest BCUT2D eigenvalue weighted by atomic mass is 16.2. The summed E-state index contributed by atoms with van der Waals surface area (Å²) < 4.78 is 0. The van der Waals surface area contributed by atoms with Gasteiger partial charge in [0.15, 0.2) is 0 Å². The van der Waals surface area contributed by atoms with Gasteiger partial charge in [0.2, 0.25) is 5.91 Å². The highest BCUT2D eigenvalue weighted by Gasteiger charge is 2.32. The zero-order valence-electron chi connectivity index (χ0n) is 12.7. The van der Waals surface area contributed by atoms with Gasteiger partial charge in [0.25, 0.3) is 0 Å². The van der Waals surface area contributed by atoms with E-state index in [1.807, 2.05) is 13.8 Å². The predicted molar refractivity (Wildman–Crippen MR) is 80.0 cm³/mol. The summed E-state index contributed by atoms with van der Waals surface area (Å²) in [6, 6.07) is 0. The molecule has 1 fully saturated rings. The molecular formula is C15H31N3O. The summed E-state index contributed by atoms with van der Waals surface area (Å²) in [5.41, 5.74) is 5.43. The normalized spacial score (nSPS) is 18.1. The Morgan fingerprint density at radius 1 is 1.16 bits per heavy atom. The molecule has 0 aromatic rings. The van der Waals surface area contributed by atoms with Crippen LogP contribution >= 0.6 is 0 Å². The van der Waals surface area contributed by atoms with Gasteiger partial charge < -0.3 is 16.0 Å². The fraction of sp³-hybridized carbons (Fsp3) is 0.933. The number of hydrogen-bond acceptors (Lipinski definition) is 3. The second-order valence-corrected chi connectivity index (χ2v) is 5.70. The fourth-order valence-electron chi connectivity index (χ4n) is 2.83. The third kappa shape index (κ3) is 4.77. The molecule has 19 heavy (non-hydrogen) atoms. The third-order valence-corrected chi connectivity index (χ3v) is 4.64. The van der Waals surface area contributed by atoms with Gasteiger partial charge in [-0.2, -0.15) is 0 Å². The third-order valence-electron chi connectivity index (χ3n) is 4.64. The van der Waals surface area contributed by atoms with Crippen molar-refractivity contribution in [2.45, 2.75) is 52.4 Å². The van der Waals surface area contributed by atoms with Gasteiger partial charge in [-0.15, -0.1) is 0 Å². The van der Waals surface area contributed by atoms with Gasteiger partial charge in [0.05, 0.1) is 5.41 Å². The molecule has 0 bridgehead atoms. The summed E-state index contributed by atoms with van der Waals surface area (Å²) in [6.07, 6.45) is 6.93. The minimum Gasteiger partial charge on any atom is -0.354 e. The van der Waals surface area contributed by atoms with Crippen molar-refractivity contribution in [3.8, 4) is 0 Å². The lowest BCUT2D eigenvalue weighted by atomic mass is 9.81. The zero-order valence-corrected chi connectivity index (χ0v) is 12.7. The average Bonchev–Trinajstić information content (AvgIpc) is 2.70. The van der Waals surface area contributed by atoms with E-state index >= 15 is 0 Å². The smallest absolute Gasteiger partial charge is 0.227 e. The van der Waals surface area contributed by atoms with E-state index in [9.17, 15) is 4.79 Å². The molecule has 0 aromatic carbocycles. The minimum absolute atomic E-state index is 0.134. The first-order chi connectivity index (χ1) is 9.18. The van der Waals surface area contributed by atoms with Crippen LogP contribution in [-0.4, -0.2) is 43.5 Å². The maximum absolute atomic E-state index is 12.3. The van der Waals surface area contributed by atoms with Gasteiger partial charge >= 0.3 is 0 Å². The summed E-state index contributed by atoms with van der Waals surface area (Å²) in [5, 5.41) is 3.08. The summed E-state index contributed by atoms with van der Waals surface area (Å²) in [6.45, 7) is 8.62. The number of nitrogens with one attached hydrogen (secondary N) is 1.